The minimum Gasteiger partial charge on any atom is -0.478 e. The minimum atomic E-state index is -1.07. The summed E-state index contributed by atoms with van der Waals surface area (Å²) in [6.07, 6.45) is 14.0. The Morgan fingerprint density at radius 3 is 1.89 bits per heavy atom. The lowest BCUT2D eigenvalue weighted by Crippen LogP contribution is -2.55. The van der Waals surface area contributed by atoms with Crippen molar-refractivity contribution in [3.63, 3.8) is 0 Å². The zero-order valence-corrected chi connectivity index (χ0v) is 18.5. The Balaban J connectivity index is 1.96. The zero-order chi connectivity index (χ0) is 20.6. The number of thiocarbonyl (C=S) groups is 1. The summed E-state index contributed by atoms with van der Waals surface area (Å²) >= 11 is 5.25. The molecule has 1 saturated heterocycles. The molecule has 1 aliphatic heterocycles. The predicted molar refractivity (Wildman–Crippen MR) is 117 cm³/mol. The molecule has 6 heteroatoms. The van der Waals surface area contributed by atoms with Gasteiger partial charge in [-0.2, -0.15) is 0 Å². The SMILES string of the molecule is CCCCCCCCCCCCCCCC(=S)O[C@@H]1[C@@H](O)[C@H](CO)OC[C@H]1O. The van der Waals surface area contributed by atoms with E-state index in [2.05, 4.69) is 6.92 Å². The largest absolute Gasteiger partial charge is 0.478 e. The molecule has 1 fully saturated rings. The third kappa shape index (κ3) is 11.1. The van der Waals surface area contributed by atoms with Crippen LogP contribution in [0.3, 0.4) is 0 Å². The molecule has 166 valence electrons. The van der Waals surface area contributed by atoms with Gasteiger partial charge in [-0.15, -0.1) is 0 Å². The Morgan fingerprint density at radius 1 is 0.893 bits per heavy atom. The average Bonchev–Trinajstić information content (AvgIpc) is 2.69. The van der Waals surface area contributed by atoms with Gasteiger partial charge in [0.25, 0.3) is 0 Å². The van der Waals surface area contributed by atoms with E-state index in [0.717, 1.165) is 12.8 Å². The normalized spacial score (nSPS) is 25.0. The first-order valence-corrected chi connectivity index (χ1v) is 11.8. The highest BCUT2D eigenvalue weighted by Crippen LogP contribution is 2.20. The van der Waals surface area contributed by atoms with Gasteiger partial charge in [0.05, 0.1) is 13.2 Å². The monoisotopic (exact) mass is 418 g/mol. The van der Waals surface area contributed by atoms with Gasteiger partial charge in [0.2, 0.25) is 0 Å². The van der Waals surface area contributed by atoms with Gasteiger partial charge in [-0.25, -0.2) is 0 Å². The molecule has 3 N–H and O–H groups in total. The van der Waals surface area contributed by atoms with Crippen LogP contribution in [0.15, 0.2) is 0 Å². The summed E-state index contributed by atoms with van der Waals surface area (Å²) in [5.41, 5.74) is 0. The number of unbranched alkanes of at least 4 members (excludes halogenated alkanes) is 12. The molecule has 0 bridgehead atoms. The molecule has 4 atom stereocenters. The summed E-state index contributed by atoms with van der Waals surface area (Å²) in [7, 11) is 0. The summed E-state index contributed by atoms with van der Waals surface area (Å²) in [4.78, 5) is 0. The van der Waals surface area contributed by atoms with Gasteiger partial charge in [0, 0.05) is 6.42 Å². The van der Waals surface area contributed by atoms with Crippen LogP contribution in [0.25, 0.3) is 0 Å². The van der Waals surface area contributed by atoms with Crippen molar-refractivity contribution in [2.45, 2.75) is 121 Å². The van der Waals surface area contributed by atoms with Crippen LogP contribution in [0.5, 0.6) is 0 Å². The number of rotatable bonds is 16. The quantitative estimate of drug-likeness (QED) is 0.256. The molecule has 0 aromatic carbocycles. The van der Waals surface area contributed by atoms with Crippen molar-refractivity contribution in [1.29, 1.82) is 0 Å². The predicted octanol–water partition coefficient (Wildman–Crippen LogP) is 4.29. The summed E-state index contributed by atoms with van der Waals surface area (Å²) in [6.45, 7) is 1.99. The van der Waals surface area contributed by atoms with Crippen LogP contribution in [0.2, 0.25) is 0 Å². The highest BCUT2D eigenvalue weighted by Gasteiger charge is 2.40. The number of ether oxygens (including phenoxy) is 2. The summed E-state index contributed by atoms with van der Waals surface area (Å²) in [6, 6.07) is 0. The lowest BCUT2D eigenvalue weighted by Gasteiger charge is -2.37. The molecule has 1 heterocycles. The molecule has 0 aromatic rings. The molecule has 0 aromatic heterocycles. The van der Waals surface area contributed by atoms with Crippen molar-refractivity contribution in [1.82, 2.24) is 0 Å². The Kier molecular flexibility index (Phi) is 15.2. The fourth-order valence-corrected chi connectivity index (χ4v) is 3.92. The maximum absolute atomic E-state index is 10.1. The van der Waals surface area contributed by atoms with Gasteiger partial charge in [0.15, 0.2) is 11.2 Å². The van der Waals surface area contributed by atoms with Crippen molar-refractivity contribution in [2.75, 3.05) is 13.2 Å². The topological polar surface area (TPSA) is 79.2 Å². The van der Waals surface area contributed by atoms with Crippen LogP contribution in [0.1, 0.15) is 96.8 Å². The molecule has 1 aliphatic rings. The molecule has 0 radical (unpaired) electrons. The van der Waals surface area contributed by atoms with E-state index in [4.69, 9.17) is 21.7 Å². The molecule has 0 saturated carbocycles. The number of aliphatic hydroxyl groups excluding tert-OH is 3. The van der Waals surface area contributed by atoms with E-state index in [9.17, 15) is 15.3 Å². The van der Waals surface area contributed by atoms with Crippen molar-refractivity contribution in [3.8, 4) is 0 Å². The smallest absolute Gasteiger partial charge is 0.160 e. The zero-order valence-electron chi connectivity index (χ0n) is 17.7. The van der Waals surface area contributed by atoms with E-state index < -0.39 is 24.4 Å². The third-order valence-corrected chi connectivity index (χ3v) is 5.81. The van der Waals surface area contributed by atoms with E-state index >= 15 is 0 Å². The standard InChI is InChI=1S/C22H42O5S/c1-2-3-4-5-6-7-8-9-10-11-12-13-14-15-20(28)27-22-18(24)17-26-19(16-23)21(22)25/h18-19,21-25H,2-17H2,1H3/t18-,19+,21+,22+/m1/s1. The van der Waals surface area contributed by atoms with Gasteiger partial charge in [0.1, 0.15) is 18.3 Å². The highest BCUT2D eigenvalue weighted by molar-refractivity contribution is 7.80. The molecular weight excluding hydrogens is 376 g/mol. The van der Waals surface area contributed by atoms with E-state index in [1.54, 1.807) is 0 Å². The van der Waals surface area contributed by atoms with Crippen molar-refractivity contribution in [3.05, 3.63) is 0 Å². The second kappa shape index (κ2) is 16.5. The fraction of sp³-hybridized carbons (Fsp3) is 0.955. The lowest BCUT2D eigenvalue weighted by atomic mass is 10.0. The highest BCUT2D eigenvalue weighted by atomic mass is 32.1. The molecule has 0 aliphatic carbocycles. The first-order chi connectivity index (χ1) is 13.6. The molecule has 1 rings (SSSR count). The first-order valence-electron chi connectivity index (χ1n) is 11.4. The van der Waals surface area contributed by atoms with E-state index in [0.29, 0.717) is 11.5 Å². The first kappa shape index (κ1) is 25.8. The second-order valence-electron chi connectivity index (χ2n) is 8.06. The molecular formula is C22H42O5S. The van der Waals surface area contributed by atoms with Crippen LogP contribution in [0.4, 0.5) is 0 Å². The molecule has 0 unspecified atom stereocenters. The average molecular weight is 419 g/mol. The van der Waals surface area contributed by atoms with Crippen molar-refractivity contribution >= 4 is 17.3 Å². The summed E-state index contributed by atoms with van der Waals surface area (Å²) in [5.74, 6) is 0. The van der Waals surface area contributed by atoms with Crippen LogP contribution < -0.4 is 0 Å². The second-order valence-corrected chi connectivity index (χ2v) is 8.51. The Bertz CT molecular complexity index is 393. The third-order valence-electron chi connectivity index (χ3n) is 5.51. The van der Waals surface area contributed by atoms with Gasteiger partial charge in [-0.05, 0) is 18.6 Å². The van der Waals surface area contributed by atoms with E-state index in [1.807, 2.05) is 0 Å². The van der Waals surface area contributed by atoms with Gasteiger partial charge in [-0.1, -0.05) is 84.0 Å². The van der Waals surface area contributed by atoms with Crippen molar-refractivity contribution in [2.24, 2.45) is 0 Å². The maximum Gasteiger partial charge on any atom is 0.160 e. The van der Waals surface area contributed by atoms with Crippen molar-refractivity contribution < 1.29 is 24.8 Å². The van der Waals surface area contributed by atoms with E-state index in [1.165, 1.54) is 70.6 Å². The fourth-order valence-electron chi connectivity index (χ4n) is 3.66. The summed E-state index contributed by atoms with van der Waals surface area (Å²) < 4.78 is 10.8. The number of hydrogen-bond donors (Lipinski definition) is 3. The van der Waals surface area contributed by atoms with Crippen LogP contribution in [-0.2, 0) is 9.47 Å². The van der Waals surface area contributed by atoms with E-state index in [-0.39, 0.29) is 13.2 Å². The Morgan fingerprint density at radius 2 is 1.39 bits per heavy atom. The molecule has 28 heavy (non-hydrogen) atoms. The Labute approximate surface area is 176 Å². The lowest BCUT2D eigenvalue weighted by molar-refractivity contribution is -0.190. The van der Waals surface area contributed by atoms with Crippen LogP contribution in [0, 0.1) is 0 Å². The molecule has 5 nitrogen and oxygen atoms in total. The van der Waals surface area contributed by atoms with Crippen LogP contribution >= 0.6 is 12.2 Å². The minimum absolute atomic E-state index is 0.0360. The van der Waals surface area contributed by atoms with Crippen LogP contribution in [-0.4, -0.2) is 58.0 Å². The number of hydrogen-bond acceptors (Lipinski definition) is 6. The maximum atomic E-state index is 10.1. The summed E-state index contributed by atoms with van der Waals surface area (Å²) in [5, 5.41) is 29.6. The van der Waals surface area contributed by atoms with Gasteiger partial charge < -0.3 is 24.8 Å². The molecule has 0 amide bonds. The Hall–Kier alpha value is -0.270. The van der Waals surface area contributed by atoms with Gasteiger partial charge in [-0.3, -0.25) is 0 Å². The molecule has 0 spiro atoms. The number of aliphatic hydroxyl groups is 3. The van der Waals surface area contributed by atoms with Gasteiger partial charge >= 0.3 is 0 Å².